The third kappa shape index (κ3) is 2.05. The van der Waals surface area contributed by atoms with E-state index in [1.165, 1.54) is 25.7 Å². The molecule has 2 aliphatic rings. The molecule has 1 heterocycles. The summed E-state index contributed by atoms with van der Waals surface area (Å²) in [6.07, 6.45) is 6.42. The van der Waals surface area contributed by atoms with Crippen LogP contribution in [0.25, 0.3) is 10.9 Å². The molecule has 4 rings (SSSR count). The average Bonchev–Trinajstić information content (AvgIpc) is 3.30. The number of nitrogens with zero attached hydrogens (tertiary/aromatic N) is 1. The lowest BCUT2D eigenvalue weighted by atomic mass is 9.86. The molecule has 1 aromatic carbocycles. The van der Waals surface area contributed by atoms with Crippen LogP contribution >= 0.6 is 11.6 Å². The fourth-order valence-corrected chi connectivity index (χ4v) is 3.59. The van der Waals surface area contributed by atoms with Gasteiger partial charge in [0.05, 0.1) is 17.8 Å². The normalized spacial score (nSPS) is 21.2. The Morgan fingerprint density at radius 3 is 2.53 bits per heavy atom. The summed E-state index contributed by atoms with van der Waals surface area (Å²) in [5.74, 6) is 1.82. The molecule has 0 spiro atoms. The summed E-state index contributed by atoms with van der Waals surface area (Å²) in [5.41, 5.74) is 1.85. The van der Waals surface area contributed by atoms with Gasteiger partial charge in [0, 0.05) is 16.0 Å². The maximum Gasteiger partial charge on any atom is 0.0844 e. The monoisotopic (exact) mass is 276 g/mol. The van der Waals surface area contributed by atoms with E-state index in [9.17, 15) is 5.11 Å². The van der Waals surface area contributed by atoms with Crippen molar-refractivity contribution >= 4 is 22.5 Å². The average molecular weight is 277 g/mol. The van der Waals surface area contributed by atoms with E-state index >= 15 is 0 Å². The maximum absolute atomic E-state index is 10.8. The second-order valence-corrected chi connectivity index (χ2v) is 6.46. The van der Waals surface area contributed by atoms with E-state index < -0.39 is 6.10 Å². The lowest BCUT2D eigenvalue weighted by Gasteiger charge is -2.23. The maximum atomic E-state index is 10.8. The van der Waals surface area contributed by atoms with Crippen LogP contribution in [0, 0.1) is 17.8 Å². The molecule has 2 saturated carbocycles. The first-order chi connectivity index (χ1) is 9.24. The standard InChI is InChI=1S/C15H17ClN2O/c16-11-5-10-7-17-18-14(10)12(6-11)15(19)13(8-1-2-8)9-3-4-9/h5-9,13,15,19H,1-4H2,(H,17,18). The van der Waals surface area contributed by atoms with Gasteiger partial charge in [0.2, 0.25) is 0 Å². The van der Waals surface area contributed by atoms with E-state index in [-0.39, 0.29) is 0 Å². The van der Waals surface area contributed by atoms with Crippen LogP contribution in [0.5, 0.6) is 0 Å². The van der Waals surface area contributed by atoms with Gasteiger partial charge in [-0.3, -0.25) is 5.10 Å². The minimum atomic E-state index is -0.415. The van der Waals surface area contributed by atoms with Crippen molar-refractivity contribution in [2.75, 3.05) is 0 Å². The molecule has 4 heteroatoms. The quantitative estimate of drug-likeness (QED) is 0.895. The highest BCUT2D eigenvalue weighted by atomic mass is 35.5. The Morgan fingerprint density at radius 2 is 1.89 bits per heavy atom. The predicted molar refractivity (Wildman–Crippen MR) is 75.0 cm³/mol. The smallest absolute Gasteiger partial charge is 0.0844 e. The zero-order chi connectivity index (χ0) is 13.0. The van der Waals surface area contributed by atoms with Gasteiger partial charge in [-0.05, 0) is 55.6 Å². The Morgan fingerprint density at radius 1 is 1.21 bits per heavy atom. The Balaban J connectivity index is 1.77. The molecule has 1 unspecified atom stereocenters. The summed E-state index contributed by atoms with van der Waals surface area (Å²) in [6, 6.07) is 3.78. The van der Waals surface area contributed by atoms with Crippen molar-refractivity contribution in [3.8, 4) is 0 Å². The van der Waals surface area contributed by atoms with Gasteiger partial charge < -0.3 is 5.11 Å². The SMILES string of the molecule is OC(c1cc(Cl)cc2cn[nH]c12)C(C1CC1)C1CC1. The van der Waals surface area contributed by atoms with Gasteiger partial charge in [0.1, 0.15) is 0 Å². The second kappa shape index (κ2) is 4.22. The van der Waals surface area contributed by atoms with Crippen LogP contribution in [-0.4, -0.2) is 15.3 Å². The summed E-state index contributed by atoms with van der Waals surface area (Å²) in [6.45, 7) is 0. The molecule has 2 aliphatic carbocycles. The number of nitrogens with one attached hydrogen (secondary N) is 1. The molecule has 0 radical (unpaired) electrons. The Hall–Kier alpha value is -1.06. The van der Waals surface area contributed by atoms with E-state index in [2.05, 4.69) is 10.2 Å². The number of aliphatic hydroxyl groups excluding tert-OH is 1. The minimum absolute atomic E-state index is 0.407. The predicted octanol–water partition coefficient (Wildman–Crippen LogP) is 3.69. The van der Waals surface area contributed by atoms with Crippen LogP contribution in [0.2, 0.25) is 5.02 Å². The molecule has 1 atom stereocenters. The Labute approximate surface area is 117 Å². The van der Waals surface area contributed by atoms with Gasteiger partial charge in [0.15, 0.2) is 0 Å². The van der Waals surface area contributed by atoms with Crippen LogP contribution in [0.4, 0.5) is 0 Å². The van der Waals surface area contributed by atoms with E-state index in [0.29, 0.717) is 22.8 Å². The third-order valence-corrected chi connectivity index (χ3v) is 4.78. The van der Waals surface area contributed by atoms with E-state index in [1.54, 1.807) is 6.20 Å². The van der Waals surface area contributed by atoms with Crippen LogP contribution < -0.4 is 0 Å². The van der Waals surface area contributed by atoms with Crippen molar-refractivity contribution in [2.45, 2.75) is 31.8 Å². The molecule has 0 bridgehead atoms. The highest BCUT2D eigenvalue weighted by Gasteiger charge is 2.45. The van der Waals surface area contributed by atoms with Crippen LogP contribution in [0.1, 0.15) is 37.4 Å². The van der Waals surface area contributed by atoms with Crippen LogP contribution in [0.3, 0.4) is 0 Å². The summed E-state index contributed by atoms with van der Waals surface area (Å²) in [4.78, 5) is 0. The number of halogens is 1. The van der Waals surface area contributed by atoms with Gasteiger partial charge in [-0.1, -0.05) is 11.6 Å². The van der Waals surface area contributed by atoms with Crippen molar-refractivity contribution in [3.05, 3.63) is 28.9 Å². The second-order valence-electron chi connectivity index (χ2n) is 6.03. The van der Waals surface area contributed by atoms with Gasteiger partial charge in [0.25, 0.3) is 0 Å². The number of aliphatic hydroxyl groups is 1. The van der Waals surface area contributed by atoms with Crippen molar-refractivity contribution in [2.24, 2.45) is 17.8 Å². The topological polar surface area (TPSA) is 48.9 Å². The molecule has 0 amide bonds. The van der Waals surface area contributed by atoms with Gasteiger partial charge in [-0.2, -0.15) is 5.10 Å². The molecular formula is C15H17ClN2O. The first kappa shape index (κ1) is 11.7. The molecule has 3 nitrogen and oxygen atoms in total. The number of H-pyrrole nitrogens is 1. The fourth-order valence-electron chi connectivity index (χ4n) is 3.35. The molecule has 2 fully saturated rings. The van der Waals surface area contributed by atoms with Gasteiger partial charge >= 0.3 is 0 Å². The molecule has 0 aliphatic heterocycles. The fraction of sp³-hybridized carbons (Fsp3) is 0.533. The van der Waals surface area contributed by atoms with Crippen LogP contribution in [0.15, 0.2) is 18.3 Å². The van der Waals surface area contributed by atoms with E-state index in [0.717, 1.165) is 16.5 Å². The lowest BCUT2D eigenvalue weighted by molar-refractivity contribution is 0.0833. The molecule has 2 N–H and O–H groups in total. The number of fused-ring (bicyclic) bond motifs is 1. The summed E-state index contributed by atoms with van der Waals surface area (Å²) in [5, 5.41) is 19.6. The lowest BCUT2D eigenvalue weighted by Crippen LogP contribution is -2.17. The van der Waals surface area contributed by atoms with Crippen molar-refractivity contribution in [1.29, 1.82) is 0 Å². The number of rotatable bonds is 4. The molecule has 2 aromatic rings. The molecule has 100 valence electrons. The highest BCUT2D eigenvalue weighted by molar-refractivity contribution is 6.31. The zero-order valence-electron chi connectivity index (χ0n) is 10.6. The third-order valence-electron chi connectivity index (χ3n) is 4.56. The molecular weight excluding hydrogens is 260 g/mol. The summed E-state index contributed by atoms with van der Waals surface area (Å²) >= 11 is 6.17. The van der Waals surface area contributed by atoms with Gasteiger partial charge in [-0.25, -0.2) is 0 Å². The number of aromatic amines is 1. The number of hydrogen-bond acceptors (Lipinski definition) is 2. The van der Waals surface area contributed by atoms with Crippen molar-refractivity contribution < 1.29 is 5.11 Å². The van der Waals surface area contributed by atoms with Crippen LogP contribution in [-0.2, 0) is 0 Å². The number of benzene rings is 1. The first-order valence-corrected chi connectivity index (χ1v) is 7.42. The first-order valence-electron chi connectivity index (χ1n) is 7.04. The molecule has 0 saturated heterocycles. The molecule has 19 heavy (non-hydrogen) atoms. The highest BCUT2D eigenvalue weighted by Crippen LogP contribution is 2.54. The minimum Gasteiger partial charge on any atom is -0.388 e. The number of aromatic nitrogens is 2. The van der Waals surface area contributed by atoms with E-state index in [1.807, 2.05) is 12.1 Å². The zero-order valence-corrected chi connectivity index (χ0v) is 11.4. The molecule has 1 aromatic heterocycles. The Bertz CT molecular complexity index is 604. The summed E-state index contributed by atoms with van der Waals surface area (Å²) in [7, 11) is 0. The van der Waals surface area contributed by atoms with Crippen molar-refractivity contribution in [3.63, 3.8) is 0 Å². The Kier molecular flexibility index (Phi) is 2.61. The summed E-state index contributed by atoms with van der Waals surface area (Å²) < 4.78 is 0. The van der Waals surface area contributed by atoms with Crippen molar-refractivity contribution in [1.82, 2.24) is 10.2 Å². The largest absolute Gasteiger partial charge is 0.388 e. The van der Waals surface area contributed by atoms with E-state index in [4.69, 9.17) is 11.6 Å². The number of hydrogen-bond donors (Lipinski definition) is 2. The van der Waals surface area contributed by atoms with Gasteiger partial charge in [-0.15, -0.1) is 0 Å².